The number of carbonyl (C=O) groups is 3. The second kappa shape index (κ2) is 6.28. The number of hydrogen-bond acceptors (Lipinski definition) is 4. The monoisotopic (exact) mass is 486 g/mol. The molecule has 2 aromatic rings. The molecule has 1 N–H and O–H groups in total. The van der Waals surface area contributed by atoms with Gasteiger partial charge in [-0.1, -0.05) is 15.9 Å². The third kappa shape index (κ3) is 3.22. The Labute approximate surface area is 152 Å². The molecule has 0 atom stereocenters. The van der Waals surface area contributed by atoms with Crippen LogP contribution in [0.15, 0.2) is 50.9 Å². The van der Waals surface area contributed by atoms with Crippen LogP contribution in [0.3, 0.4) is 0 Å². The number of amides is 4. The summed E-state index contributed by atoms with van der Waals surface area (Å²) in [5, 5.41) is 2.15. The number of urea groups is 1. The van der Waals surface area contributed by atoms with Gasteiger partial charge < -0.3 is 4.42 Å². The normalized spacial score (nSPS) is 16.9. The summed E-state index contributed by atoms with van der Waals surface area (Å²) in [4.78, 5) is 37.4. The fraction of sp³-hybridized carbons (Fsp3) is 0. The molecule has 1 fully saturated rings. The summed E-state index contributed by atoms with van der Waals surface area (Å²) in [5.41, 5.74) is 0.196. The molecule has 23 heavy (non-hydrogen) atoms. The molecule has 1 aromatic carbocycles. The van der Waals surface area contributed by atoms with Crippen molar-refractivity contribution >= 4 is 68.1 Å². The van der Waals surface area contributed by atoms with Crippen molar-refractivity contribution in [3.05, 3.63) is 56.0 Å². The largest absolute Gasteiger partial charge is 0.451 e. The van der Waals surface area contributed by atoms with Crippen LogP contribution in [0.25, 0.3) is 6.08 Å². The Kier molecular flexibility index (Phi) is 4.35. The predicted octanol–water partition coefficient (Wildman–Crippen LogP) is 3.31. The van der Waals surface area contributed by atoms with Gasteiger partial charge in [-0.15, -0.1) is 0 Å². The number of benzene rings is 1. The second-order valence-electron chi connectivity index (χ2n) is 4.58. The topological polar surface area (TPSA) is 79.6 Å². The standard InChI is InChI=1S/C15H8BrIN2O4/c16-8-1-3-9(4-2-8)19-14(21)11(13(20)18-15(19)22)7-10-5-6-12(17)23-10/h1-7H,(H,18,20,22)/b11-7-. The summed E-state index contributed by atoms with van der Waals surface area (Å²) in [6.45, 7) is 0. The number of halogens is 2. The van der Waals surface area contributed by atoms with E-state index in [0.717, 1.165) is 9.37 Å². The fourth-order valence-electron chi connectivity index (χ4n) is 2.03. The number of carbonyl (C=O) groups excluding carboxylic acids is 3. The van der Waals surface area contributed by atoms with Gasteiger partial charge in [-0.3, -0.25) is 14.9 Å². The minimum absolute atomic E-state index is 0.168. The maximum Gasteiger partial charge on any atom is 0.335 e. The molecular weight excluding hydrogens is 479 g/mol. The number of anilines is 1. The summed E-state index contributed by atoms with van der Waals surface area (Å²) in [5.74, 6) is -1.09. The molecule has 0 spiro atoms. The molecule has 116 valence electrons. The number of imide groups is 2. The first-order valence-electron chi connectivity index (χ1n) is 6.38. The molecule has 1 saturated heterocycles. The quantitative estimate of drug-likeness (QED) is 0.401. The molecular formula is C15H8BrIN2O4. The number of furan rings is 1. The SMILES string of the molecule is O=C1NC(=O)N(c2ccc(Br)cc2)C(=O)/C1=C\c1ccc(I)o1. The fourth-order valence-corrected chi connectivity index (χ4v) is 2.73. The van der Waals surface area contributed by atoms with E-state index >= 15 is 0 Å². The smallest absolute Gasteiger partial charge is 0.335 e. The van der Waals surface area contributed by atoms with Crippen LogP contribution in [0.2, 0.25) is 0 Å². The average molecular weight is 487 g/mol. The van der Waals surface area contributed by atoms with Gasteiger partial charge in [0, 0.05) is 4.47 Å². The van der Waals surface area contributed by atoms with E-state index < -0.39 is 17.8 Å². The van der Waals surface area contributed by atoms with Gasteiger partial charge in [0.05, 0.1) is 5.69 Å². The summed E-state index contributed by atoms with van der Waals surface area (Å²) in [6.07, 6.45) is 1.32. The van der Waals surface area contributed by atoms with E-state index in [-0.39, 0.29) is 5.57 Å². The van der Waals surface area contributed by atoms with Crippen LogP contribution in [-0.4, -0.2) is 17.8 Å². The molecule has 3 rings (SSSR count). The van der Waals surface area contributed by atoms with Gasteiger partial charge >= 0.3 is 6.03 Å². The molecule has 1 aromatic heterocycles. The van der Waals surface area contributed by atoms with E-state index in [2.05, 4.69) is 21.2 Å². The second-order valence-corrected chi connectivity index (χ2v) is 6.56. The van der Waals surface area contributed by atoms with E-state index in [1.165, 1.54) is 6.08 Å². The minimum Gasteiger partial charge on any atom is -0.451 e. The Morgan fingerprint density at radius 2 is 1.78 bits per heavy atom. The lowest BCUT2D eigenvalue weighted by Crippen LogP contribution is -2.54. The highest BCUT2D eigenvalue weighted by molar-refractivity contribution is 14.1. The van der Waals surface area contributed by atoms with Crippen molar-refractivity contribution < 1.29 is 18.8 Å². The first kappa shape index (κ1) is 15.9. The highest BCUT2D eigenvalue weighted by Gasteiger charge is 2.36. The zero-order chi connectivity index (χ0) is 16.6. The summed E-state index contributed by atoms with van der Waals surface area (Å²) in [7, 11) is 0. The van der Waals surface area contributed by atoms with Gasteiger partial charge in [-0.05, 0) is 65.1 Å². The van der Waals surface area contributed by atoms with Gasteiger partial charge in [0.15, 0.2) is 3.77 Å². The van der Waals surface area contributed by atoms with Crippen LogP contribution >= 0.6 is 38.5 Å². The molecule has 0 saturated carbocycles. The van der Waals surface area contributed by atoms with E-state index in [4.69, 9.17) is 4.42 Å². The van der Waals surface area contributed by atoms with Crippen molar-refractivity contribution in [2.24, 2.45) is 0 Å². The third-order valence-corrected chi connectivity index (χ3v) is 4.18. The van der Waals surface area contributed by atoms with Gasteiger partial charge in [0.25, 0.3) is 11.8 Å². The van der Waals surface area contributed by atoms with Gasteiger partial charge in [-0.2, -0.15) is 0 Å². The number of nitrogens with zero attached hydrogens (tertiary/aromatic N) is 1. The molecule has 0 unspecified atom stereocenters. The molecule has 0 bridgehead atoms. The van der Waals surface area contributed by atoms with E-state index in [1.54, 1.807) is 36.4 Å². The highest BCUT2D eigenvalue weighted by Crippen LogP contribution is 2.24. The van der Waals surface area contributed by atoms with Crippen LogP contribution in [0.1, 0.15) is 5.76 Å². The molecule has 4 amide bonds. The highest BCUT2D eigenvalue weighted by atomic mass is 127. The first-order chi connectivity index (χ1) is 11.0. The van der Waals surface area contributed by atoms with Crippen molar-refractivity contribution in [1.82, 2.24) is 5.32 Å². The van der Waals surface area contributed by atoms with Crippen LogP contribution in [-0.2, 0) is 9.59 Å². The lowest BCUT2D eigenvalue weighted by Gasteiger charge is -2.26. The lowest BCUT2D eigenvalue weighted by atomic mass is 10.1. The molecule has 1 aliphatic rings. The zero-order valence-corrected chi connectivity index (χ0v) is 15.1. The Hall–Kier alpha value is -1.94. The van der Waals surface area contributed by atoms with Crippen molar-refractivity contribution in [2.45, 2.75) is 0 Å². The molecule has 8 heteroatoms. The molecule has 6 nitrogen and oxygen atoms in total. The molecule has 1 aliphatic heterocycles. The maximum absolute atomic E-state index is 12.6. The Morgan fingerprint density at radius 1 is 1.09 bits per heavy atom. The predicted molar refractivity (Wildman–Crippen MR) is 94.6 cm³/mol. The number of nitrogens with one attached hydrogen (secondary N) is 1. The lowest BCUT2D eigenvalue weighted by molar-refractivity contribution is -0.122. The molecule has 0 aliphatic carbocycles. The summed E-state index contributed by atoms with van der Waals surface area (Å²) >= 11 is 5.26. The number of rotatable bonds is 2. The Bertz CT molecular complexity index is 841. The minimum atomic E-state index is -0.784. The van der Waals surface area contributed by atoms with Crippen molar-refractivity contribution in [3.63, 3.8) is 0 Å². The van der Waals surface area contributed by atoms with Crippen molar-refractivity contribution in [3.8, 4) is 0 Å². The Balaban J connectivity index is 2.00. The molecule has 2 heterocycles. The van der Waals surface area contributed by atoms with E-state index in [9.17, 15) is 14.4 Å². The van der Waals surface area contributed by atoms with Crippen LogP contribution in [0.5, 0.6) is 0 Å². The van der Waals surface area contributed by atoms with Crippen molar-refractivity contribution in [2.75, 3.05) is 4.90 Å². The summed E-state index contributed by atoms with van der Waals surface area (Å²) in [6, 6.07) is 9.16. The summed E-state index contributed by atoms with van der Waals surface area (Å²) < 4.78 is 6.77. The molecule has 0 radical (unpaired) electrons. The average Bonchev–Trinajstić information content (AvgIpc) is 2.91. The zero-order valence-electron chi connectivity index (χ0n) is 11.4. The van der Waals surface area contributed by atoms with Gasteiger partial charge in [-0.25, -0.2) is 9.69 Å². The van der Waals surface area contributed by atoms with Crippen LogP contribution in [0, 0.1) is 3.77 Å². The van der Waals surface area contributed by atoms with Crippen molar-refractivity contribution in [1.29, 1.82) is 0 Å². The van der Waals surface area contributed by atoms with E-state index in [1.807, 2.05) is 22.6 Å². The van der Waals surface area contributed by atoms with E-state index in [0.29, 0.717) is 15.2 Å². The van der Waals surface area contributed by atoms with Crippen LogP contribution in [0.4, 0.5) is 10.5 Å². The van der Waals surface area contributed by atoms with Gasteiger partial charge in [0.2, 0.25) is 0 Å². The third-order valence-electron chi connectivity index (χ3n) is 3.07. The Morgan fingerprint density at radius 3 is 2.39 bits per heavy atom. The number of hydrogen-bond donors (Lipinski definition) is 1. The first-order valence-corrected chi connectivity index (χ1v) is 8.25. The van der Waals surface area contributed by atoms with Crippen LogP contribution < -0.4 is 10.2 Å². The maximum atomic E-state index is 12.6. The number of barbiturate groups is 1. The van der Waals surface area contributed by atoms with Gasteiger partial charge in [0.1, 0.15) is 11.3 Å².